The molecule has 0 atom stereocenters. The highest BCUT2D eigenvalue weighted by Gasteiger charge is 2.29. The van der Waals surface area contributed by atoms with E-state index in [0.29, 0.717) is 22.1 Å². The molecule has 0 bridgehead atoms. The number of thiocarbonyl (C=S) groups is 1. The number of carbonyl (C=O) groups excluding carboxylic acids is 1. The zero-order valence-corrected chi connectivity index (χ0v) is 15.8. The summed E-state index contributed by atoms with van der Waals surface area (Å²) < 4.78 is 5.09. The van der Waals surface area contributed by atoms with Crippen molar-refractivity contribution in [2.24, 2.45) is 11.3 Å². The van der Waals surface area contributed by atoms with Crippen molar-refractivity contribution in [3.63, 3.8) is 0 Å². The van der Waals surface area contributed by atoms with Gasteiger partial charge in [0.1, 0.15) is 5.75 Å². The summed E-state index contributed by atoms with van der Waals surface area (Å²) in [5, 5.41) is 6.46. The molecular weight excluding hydrogens is 320 g/mol. The average molecular weight is 349 g/mol. The van der Waals surface area contributed by atoms with Crippen molar-refractivity contribution >= 4 is 23.2 Å². The molecule has 0 radical (unpaired) electrons. The maximum Gasteiger partial charge on any atom is 0.257 e. The molecule has 24 heavy (non-hydrogen) atoms. The monoisotopic (exact) mass is 348 g/mol. The van der Waals surface area contributed by atoms with Gasteiger partial charge in [0.05, 0.1) is 7.11 Å². The SMILES string of the molecule is COc1ccc(C(=O)NC(=S)NC2CCC(C(C)(C)C)CC2)cc1. The smallest absolute Gasteiger partial charge is 0.257 e. The fourth-order valence-electron chi connectivity index (χ4n) is 3.24. The minimum Gasteiger partial charge on any atom is -0.497 e. The van der Waals surface area contributed by atoms with Crippen LogP contribution in [0.2, 0.25) is 0 Å². The standard InChI is InChI=1S/C19H28N2O2S/c1-19(2,3)14-7-9-15(10-8-14)20-18(24)21-17(22)13-5-11-16(23-4)12-6-13/h5-6,11-12,14-15H,7-10H2,1-4H3,(H2,20,21,22,24). The second kappa shape index (κ2) is 7.97. The molecule has 0 spiro atoms. The molecule has 1 saturated carbocycles. The van der Waals surface area contributed by atoms with Gasteiger partial charge in [-0.2, -0.15) is 0 Å². The van der Waals surface area contributed by atoms with Crippen molar-refractivity contribution in [2.75, 3.05) is 7.11 Å². The first-order valence-electron chi connectivity index (χ1n) is 8.55. The summed E-state index contributed by atoms with van der Waals surface area (Å²) in [7, 11) is 1.60. The van der Waals surface area contributed by atoms with E-state index in [1.54, 1.807) is 31.4 Å². The molecule has 0 heterocycles. The Morgan fingerprint density at radius 1 is 1.12 bits per heavy atom. The summed E-state index contributed by atoms with van der Waals surface area (Å²) in [5.41, 5.74) is 0.935. The van der Waals surface area contributed by atoms with Crippen LogP contribution >= 0.6 is 12.2 Å². The molecule has 1 aromatic rings. The van der Waals surface area contributed by atoms with Gasteiger partial charge in [0, 0.05) is 11.6 Å². The third-order valence-electron chi connectivity index (χ3n) is 4.87. The largest absolute Gasteiger partial charge is 0.497 e. The van der Waals surface area contributed by atoms with Crippen LogP contribution in [0.4, 0.5) is 0 Å². The van der Waals surface area contributed by atoms with Crippen LogP contribution in [0, 0.1) is 11.3 Å². The highest BCUT2D eigenvalue weighted by atomic mass is 32.1. The van der Waals surface area contributed by atoms with Crippen LogP contribution in [-0.2, 0) is 0 Å². The predicted octanol–water partition coefficient (Wildman–Crippen LogP) is 3.90. The number of hydrogen-bond acceptors (Lipinski definition) is 3. The number of amides is 1. The third kappa shape index (κ3) is 5.20. The maximum atomic E-state index is 12.2. The van der Waals surface area contributed by atoms with E-state index >= 15 is 0 Å². The molecule has 132 valence electrons. The molecule has 1 fully saturated rings. The lowest BCUT2D eigenvalue weighted by Crippen LogP contribution is -2.46. The first kappa shape index (κ1) is 18.7. The minimum absolute atomic E-state index is 0.196. The van der Waals surface area contributed by atoms with Crippen molar-refractivity contribution < 1.29 is 9.53 Å². The van der Waals surface area contributed by atoms with E-state index in [4.69, 9.17) is 17.0 Å². The molecule has 1 aromatic carbocycles. The van der Waals surface area contributed by atoms with Gasteiger partial charge < -0.3 is 10.1 Å². The van der Waals surface area contributed by atoms with Crippen LogP contribution in [0.15, 0.2) is 24.3 Å². The molecule has 0 saturated heterocycles. The lowest BCUT2D eigenvalue weighted by Gasteiger charge is -2.37. The second-order valence-corrected chi connectivity index (χ2v) is 7.98. The summed E-state index contributed by atoms with van der Waals surface area (Å²) >= 11 is 5.29. The number of carbonyl (C=O) groups is 1. The number of nitrogens with one attached hydrogen (secondary N) is 2. The Kier molecular flexibility index (Phi) is 6.21. The molecule has 1 aliphatic rings. The van der Waals surface area contributed by atoms with Crippen LogP contribution < -0.4 is 15.4 Å². The summed E-state index contributed by atoms with van der Waals surface area (Å²) in [5.74, 6) is 1.29. The van der Waals surface area contributed by atoms with E-state index in [1.807, 2.05) is 0 Å². The predicted molar refractivity (Wildman–Crippen MR) is 101 cm³/mol. The van der Waals surface area contributed by atoms with E-state index < -0.39 is 0 Å². The Hall–Kier alpha value is -1.62. The van der Waals surface area contributed by atoms with Gasteiger partial charge in [0.15, 0.2) is 5.11 Å². The van der Waals surface area contributed by atoms with Gasteiger partial charge in [-0.25, -0.2) is 0 Å². The Morgan fingerprint density at radius 2 is 1.71 bits per heavy atom. The van der Waals surface area contributed by atoms with Crippen molar-refractivity contribution in [2.45, 2.75) is 52.5 Å². The highest BCUT2D eigenvalue weighted by Crippen LogP contribution is 2.37. The van der Waals surface area contributed by atoms with Gasteiger partial charge in [0.2, 0.25) is 0 Å². The Balaban J connectivity index is 1.80. The Morgan fingerprint density at radius 3 is 2.21 bits per heavy atom. The van der Waals surface area contributed by atoms with E-state index in [1.165, 1.54) is 12.8 Å². The quantitative estimate of drug-likeness (QED) is 0.813. The van der Waals surface area contributed by atoms with Gasteiger partial charge in [-0.1, -0.05) is 20.8 Å². The molecule has 0 aromatic heterocycles. The fourth-order valence-corrected chi connectivity index (χ4v) is 3.50. The van der Waals surface area contributed by atoms with Crippen LogP contribution in [0.5, 0.6) is 5.75 Å². The van der Waals surface area contributed by atoms with Crippen LogP contribution in [0.3, 0.4) is 0 Å². The zero-order valence-electron chi connectivity index (χ0n) is 15.0. The fraction of sp³-hybridized carbons (Fsp3) is 0.579. The molecule has 4 nitrogen and oxygen atoms in total. The minimum atomic E-state index is -0.196. The number of hydrogen-bond donors (Lipinski definition) is 2. The first-order chi connectivity index (χ1) is 11.3. The van der Waals surface area contributed by atoms with Crippen LogP contribution in [0.25, 0.3) is 0 Å². The van der Waals surface area contributed by atoms with E-state index in [0.717, 1.165) is 24.5 Å². The van der Waals surface area contributed by atoms with Crippen molar-refractivity contribution in [3.05, 3.63) is 29.8 Å². The topological polar surface area (TPSA) is 50.4 Å². The molecule has 0 unspecified atom stereocenters. The summed E-state index contributed by atoms with van der Waals surface area (Å²) in [6, 6.07) is 7.34. The van der Waals surface area contributed by atoms with Gasteiger partial charge in [-0.05, 0) is 73.5 Å². The number of ether oxygens (including phenoxy) is 1. The lowest BCUT2D eigenvalue weighted by molar-refractivity contribution is 0.0976. The van der Waals surface area contributed by atoms with Crippen LogP contribution in [0.1, 0.15) is 56.8 Å². The van der Waals surface area contributed by atoms with Crippen molar-refractivity contribution in [1.82, 2.24) is 10.6 Å². The van der Waals surface area contributed by atoms with Gasteiger partial charge in [0.25, 0.3) is 5.91 Å². The van der Waals surface area contributed by atoms with Crippen molar-refractivity contribution in [3.8, 4) is 5.75 Å². The van der Waals surface area contributed by atoms with Gasteiger partial charge in [-0.15, -0.1) is 0 Å². The molecule has 2 N–H and O–H groups in total. The summed E-state index contributed by atoms with van der Waals surface area (Å²) in [6.07, 6.45) is 4.60. The Bertz CT molecular complexity index is 570. The van der Waals surface area contributed by atoms with Gasteiger partial charge >= 0.3 is 0 Å². The first-order valence-corrected chi connectivity index (χ1v) is 8.96. The second-order valence-electron chi connectivity index (χ2n) is 7.57. The molecule has 1 aliphatic carbocycles. The molecule has 1 amide bonds. The maximum absolute atomic E-state index is 12.2. The molecule has 5 heteroatoms. The molecule has 2 rings (SSSR count). The lowest BCUT2D eigenvalue weighted by atomic mass is 9.71. The average Bonchev–Trinajstić information content (AvgIpc) is 2.54. The normalized spacial score (nSPS) is 21.0. The Labute approximate surface area is 150 Å². The van der Waals surface area contributed by atoms with E-state index in [2.05, 4.69) is 31.4 Å². The van der Waals surface area contributed by atoms with Crippen LogP contribution in [-0.4, -0.2) is 24.2 Å². The number of benzene rings is 1. The number of methoxy groups -OCH3 is 1. The van der Waals surface area contributed by atoms with E-state index in [-0.39, 0.29) is 5.91 Å². The highest BCUT2D eigenvalue weighted by molar-refractivity contribution is 7.80. The molecule has 0 aliphatic heterocycles. The number of rotatable bonds is 3. The summed E-state index contributed by atoms with van der Waals surface area (Å²) in [6.45, 7) is 6.93. The molecular formula is C19H28N2O2S. The summed E-state index contributed by atoms with van der Waals surface area (Å²) in [4.78, 5) is 12.2. The van der Waals surface area contributed by atoms with Gasteiger partial charge in [-0.3, -0.25) is 10.1 Å². The zero-order chi connectivity index (χ0) is 17.7. The third-order valence-corrected chi connectivity index (χ3v) is 5.09. The van der Waals surface area contributed by atoms with Crippen molar-refractivity contribution in [1.29, 1.82) is 0 Å². The van der Waals surface area contributed by atoms with E-state index in [9.17, 15) is 4.79 Å².